The molecule has 0 N–H and O–H groups in total. The molecule has 15 heavy (non-hydrogen) atoms. The first-order valence-electron chi connectivity index (χ1n) is 4.67. The highest BCUT2D eigenvalue weighted by atomic mass is 35.5. The van der Waals surface area contributed by atoms with Crippen LogP contribution in [0.1, 0.15) is 12.5 Å². The van der Waals surface area contributed by atoms with Gasteiger partial charge in [0, 0.05) is 25.2 Å². The first-order valence-corrected chi connectivity index (χ1v) is 5.04. The van der Waals surface area contributed by atoms with Gasteiger partial charge < -0.3 is 4.90 Å². The van der Waals surface area contributed by atoms with Crippen LogP contribution in [-0.2, 0) is 4.79 Å². The van der Waals surface area contributed by atoms with E-state index in [1.54, 1.807) is 20.2 Å². The lowest BCUT2D eigenvalue weighted by atomic mass is 10.1. The maximum absolute atomic E-state index is 11.4. The van der Waals surface area contributed by atoms with Crippen LogP contribution in [0.4, 0.5) is 0 Å². The Morgan fingerprint density at radius 1 is 1.33 bits per heavy atom. The van der Waals surface area contributed by atoms with E-state index in [1.807, 2.05) is 31.2 Å². The molecule has 1 amide bonds. The highest BCUT2D eigenvalue weighted by molar-refractivity contribution is 6.32. The zero-order chi connectivity index (χ0) is 11.4. The third kappa shape index (κ3) is 3.10. The molecule has 3 heteroatoms. The molecule has 80 valence electrons. The minimum Gasteiger partial charge on any atom is -0.345 e. The monoisotopic (exact) mass is 223 g/mol. The van der Waals surface area contributed by atoms with Crippen LogP contribution in [0, 0.1) is 0 Å². The third-order valence-electron chi connectivity index (χ3n) is 2.08. The topological polar surface area (TPSA) is 20.3 Å². The van der Waals surface area contributed by atoms with Crippen molar-refractivity contribution in [1.82, 2.24) is 4.90 Å². The van der Waals surface area contributed by atoms with Gasteiger partial charge in [0.2, 0.25) is 5.91 Å². The zero-order valence-electron chi connectivity index (χ0n) is 9.12. The largest absolute Gasteiger partial charge is 0.345 e. The lowest BCUT2D eigenvalue weighted by molar-refractivity contribution is -0.123. The molecule has 0 saturated heterocycles. The Balaban J connectivity index is 2.99. The number of likely N-dealkylation sites (N-methyl/N-ethyl adjacent to an activating group) is 1. The second kappa shape index (κ2) is 4.99. The number of carbonyl (C=O) groups is 1. The van der Waals surface area contributed by atoms with Crippen LogP contribution in [0.3, 0.4) is 0 Å². The maximum Gasteiger partial charge on any atom is 0.246 e. The molecule has 0 atom stereocenters. The fraction of sp³-hybridized carbons (Fsp3) is 0.250. The standard InChI is InChI=1S/C12H14ClNO/c1-9(8-12(15)14(2)3)10-6-4-5-7-11(10)13/h4-8H,1-3H3/b9-8+. The summed E-state index contributed by atoms with van der Waals surface area (Å²) in [6.45, 7) is 1.88. The van der Waals surface area contributed by atoms with Crippen molar-refractivity contribution in [2.45, 2.75) is 6.92 Å². The van der Waals surface area contributed by atoms with Gasteiger partial charge >= 0.3 is 0 Å². The van der Waals surface area contributed by atoms with Crippen molar-refractivity contribution in [3.63, 3.8) is 0 Å². The number of rotatable bonds is 2. The summed E-state index contributed by atoms with van der Waals surface area (Å²) in [6, 6.07) is 7.48. The van der Waals surface area contributed by atoms with E-state index in [4.69, 9.17) is 11.6 Å². The predicted octanol–water partition coefficient (Wildman–Crippen LogP) is 2.83. The zero-order valence-corrected chi connectivity index (χ0v) is 9.88. The van der Waals surface area contributed by atoms with Crippen molar-refractivity contribution in [3.05, 3.63) is 40.9 Å². The van der Waals surface area contributed by atoms with Gasteiger partial charge in [0.15, 0.2) is 0 Å². The van der Waals surface area contributed by atoms with E-state index in [0.29, 0.717) is 5.02 Å². The van der Waals surface area contributed by atoms with Crippen LogP contribution < -0.4 is 0 Å². The molecule has 0 aromatic heterocycles. The quantitative estimate of drug-likeness (QED) is 0.706. The maximum atomic E-state index is 11.4. The second-order valence-electron chi connectivity index (χ2n) is 3.54. The van der Waals surface area contributed by atoms with Crippen LogP contribution in [0.5, 0.6) is 0 Å². The van der Waals surface area contributed by atoms with Crippen molar-refractivity contribution in [3.8, 4) is 0 Å². The summed E-state index contributed by atoms with van der Waals surface area (Å²) in [7, 11) is 3.44. The third-order valence-corrected chi connectivity index (χ3v) is 2.41. The van der Waals surface area contributed by atoms with Crippen LogP contribution in [0.15, 0.2) is 30.3 Å². The first kappa shape index (κ1) is 11.8. The molecule has 0 fully saturated rings. The van der Waals surface area contributed by atoms with Crippen LogP contribution in [-0.4, -0.2) is 24.9 Å². The van der Waals surface area contributed by atoms with Gasteiger partial charge in [-0.15, -0.1) is 0 Å². The fourth-order valence-corrected chi connectivity index (χ4v) is 1.46. The fourth-order valence-electron chi connectivity index (χ4n) is 1.17. The van der Waals surface area contributed by atoms with E-state index in [2.05, 4.69) is 0 Å². The predicted molar refractivity (Wildman–Crippen MR) is 63.8 cm³/mol. The molecule has 0 aliphatic carbocycles. The Hall–Kier alpha value is -1.28. The minimum atomic E-state index is -0.0348. The summed E-state index contributed by atoms with van der Waals surface area (Å²) < 4.78 is 0. The molecule has 1 aromatic rings. The number of hydrogen-bond acceptors (Lipinski definition) is 1. The van der Waals surface area contributed by atoms with Gasteiger partial charge in [-0.2, -0.15) is 0 Å². The number of allylic oxidation sites excluding steroid dienone is 1. The summed E-state index contributed by atoms with van der Waals surface area (Å²) in [4.78, 5) is 13.0. The number of nitrogens with zero attached hydrogens (tertiary/aromatic N) is 1. The molecule has 0 aliphatic heterocycles. The smallest absolute Gasteiger partial charge is 0.246 e. The Bertz CT molecular complexity index is 396. The summed E-state index contributed by atoms with van der Waals surface area (Å²) in [5.41, 5.74) is 1.77. The average Bonchev–Trinajstić information content (AvgIpc) is 2.18. The molecule has 0 heterocycles. The molecular formula is C12H14ClNO. The van der Waals surface area contributed by atoms with Crippen molar-refractivity contribution < 1.29 is 4.79 Å². The van der Waals surface area contributed by atoms with E-state index in [9.17, 15) is 4.79 Å². The van der Waals surface area contributed by atoms with E-state index >= 15 is 0 Å². The number of halogens is 1. The molecule has 0 bridgehead atoms. The number of amides is 1. The molecule has 0 spiro atoms. The van der Waals surface area contributed by atoms with Crippen LogP contribution in [0.2, 0.25) is 5.02 Å². The average molecular weight is 224 g/mol. The lowest BCUT2D eigenvalue weighted by Crippen LogP contribution is -2.19. The van der Waals surface area contributed by atoms with E-state index in [0.717, 1.165) is 11.1 Å². The van der Waals surface area contributed by atoms with Gasteiger partial charge in [0.1, 0.15) is 0 Å². The van der Waals surface area contributed by atoms with Gasteiger partial charge in [-0.25, -0.2) is 0 Å². The molecule has 0 radical (unpaired) electrons. The van der Waals surface area contributed by atoms with Crippen molar-refractivity contribution in [2.24, 2.45) is 0 Å². The molecule has 0 unspecified atom stereocenters. The van der Waals surface area contributed by atoms with E-state index < -0.39 is 0 Å². The van der Waals surface area contributed by atoms with Crippen LogP contribution >= 0.6 is 11.6 Å². The van der Waals surface area contributed by atoms with E-state index in [-0.39, 0.29) is 5.91 Å². The summed E-state index contributed by atoms with van der Waals surface area (Å²) in [5, 5.41) is 0.665. The summed E-state index contributed by atoms with van der Waals surface area (Å²) in [5.74, 6) is -0.0348. The Morgan fingerprint density at radius 3 is 2.47 bits per heavy atom. The van der Waals surface area contributed by atoms with Gasteiger partial charge in [-0.05, 0) is 24.1 Å². The van der Waals surface area contributed by atoms with Crippen molar-refractivity contribution in [1.29, 1.82) is 0 Å². The van der Waals surface area contributed by atoms with Crippen molar-refractivity contribution in [2.75, 3.05) is 14.1 Å². The van der Waals surface area contributed by atoms with Crippen LogP contribution in [0.25, 0.3) is 5.57 Å². The highest BCUT2D eigenvalue weighted by Crippen LogP contribution is 2.22. The summed E-state index contributed by atoms with van der Waals surface area (Å²) in [6.07, 6.45) is 1.58. The lowest BCUT2D eigenvalue weighted by Gasteiger charge is -2.08. The molecule has 0 saturated carbocycles. The molecule has 1 rings (SSSR count). The van der Waals surface area contributed by atoms with Gasteiger partial charge in [-0.1, -0.05) is 29.8 Å². The number of benzene rings is 1. The molecule has 0 aliphatic rings. The van der Waals surface area contributed by atoms with Gasteiger partial charge in [0.25, 0.3) is 0 Å². The van der Waals surface area contributed by atoms with Gasteiger partial charge in [-0.3, -0.25) is 4.79 Å². The summed E-state index contributed by atoms with van der Waals surface area (Å²) >= 11 is 6.02. The minimum absolute atomic E-state index is 0.0348. The Labute approximate surface area is 95.2 Å². The molecular weight excluding hydrogens is 210 g/mol. The van der Waals surface area contributed by atoms with Crippen molar-refractivity contribution >= 4 is 23.1 Å². The highest BCUT2D eigenvalue weighted by Gasteiger charge is 2.04. The Morgan fingerprint density at radius 2 is 1.93 bits per heavy atom. The number of hydrogen-bond donors (Lipinski definition) is 0. The molecule has 2 nitrogen and oxygen atoms in total. The normalized spacial score (nSPS) is 11.3. The second-order valence-corrected chi connectivity index (χ2v) is 3.95. The van der Waals surface area contributed by atoms with Gasteiger partial charge in [0.05, 0.1) is 0 Å². The van der Waals surface area contributed by atoms with E-state index in [1.165, 1.54) is 4.90 Å². The SMILES string of the molecule is C/C(=C\C(=O)N(C)C)c1ccccc1Cl. The Kier molecular flexibility index (Phi) is 3.92. The first-order chi connectivity index (χ1) is 7.02. The molecule has 1 aromatic carbocycles. The number of carbonyl (C=O) groups excluding carboxylic acids is 1.